The van der Waals surface area contributed by atoms with Crippen LogP contribution in [0.3, 0.4) is 0 Å². The average Bonchev–Trinajstić information content (AvgIpc) is 2.93. The number of anilines is 1. The molecule has 1 aromatic carbocycles. The van der Waals surface area contributed by atoms with Crippen LogP contribution in [0.2, 0.25) is 0 Å². The molecule has 2 aliphatic rings. The van der Waals surface area contributed by atoms with Crippen LogP contribution in [-0.2, 0) is 22.1 Å². The van der Waals surface area contributed by atoms with E-state index in [1.165, 1.54) is 5.56 Å². The number of carbonyl (C=O) groups excluding carboxylic acids is 1. The molecule has 2 fully saturated rings. The minimum Gasteiger partial charge on any atom is -0.312 e. The van der Waals surface area contributed by atoms with E-state index in [-0.39, 0.29) is 5.91 Å². The predicted molar refractivity (Wildman–Crippen MR) is 85.8 cm³/mol. The van der Waals surface area contributed by atoms with Gasteiger partial charge in [0.25, 0.3) is 0 Å². The van der Waals surface area contributed by atoms with Crippen molar-refractivity contribution in [3.63, 3.8) is 0 Å². The molecule has 0 bridgehead atoms. The Morgan fingerprint density at radius 3 is 2.52 bits per heavy atom. The number of hydrogen-bond acceptors (Lipinski definition) is 3. The molecule has 4 nitrogen and oxygen atoms in total. The molecule has 1 aromatic rings. The quantitative estimate of drug-likeness (QED) is 0.923. The number of nitrogens with zero attached hydrogens (tertiary/aromatic N) is 1. The summed E-state index contributed by atoms with van der Waals surface area (Å²) in [4.78, 5) is 13.6. The Hall–Kier alpha value is -1.20. The van der Waals surface area contributed by atoms with Crippen molar-refractivity contribution in [2.45, 2.75) is 38.3 Å². The minimum absolute atomic E-state index is 0.232. The molecule has 114 valence electrons. The fraction of sp³-hybridized carbons (Fsp3) is 0.562. The zero-order valence-corrected chi connectivity index (χ0v) is 13.0. The minimum atomic E-state index is -0.595. The lowest BCUT2D eigenvalue weighted by molar-refractivity contribution is -0.117. The van der Waals surface area contributed by atoms with Gasteiger partial charge in [-0.25, -0.2) is 0 Å². The van der Waals surface area contributed by atoms with Crippen LogP contribution in [-0.4, -0.2) is 34.2 Å². The van der Waals surface area contributed by atoms with Crippen LogP contribution in [0, 0.1) is 0 Å². The van der Waals surface area contributed by atoms with E-state index < -0.39 is 10.8 Å². The summed E-state index contributed by atoms with van der Waals surface area (Å²) in [6, 6.07) is 8.75. The second-order valence-electron chi connectivity index (χ2n) is 5.82. The van der Waals surface area contributed by atoms with E-state index in [9.17, 15) is 9.00 Å². The third kappa shape index (κ3) is 3.71. The Kier molecular flexibility index (Phi) is 4.70. The van der Waals surface area contributed by atoms with Crippen molar-refractivity contribution in [3.05, 3.63) is 29.8 Å². The van der Waals surface area contributed by atoms with Gasteiger partial charge in [-0.05, 0) is 37.0 Å². The van der Waals surface area contributed by atoms with Gasteiger partial charge in [-0.1, -0.05) is 12.1 Å². The van der Waals surface area contributed by atoms with Crippen molar-refractivity contribution >= 4 is 22.4 Å². The first-order chi connectivity index (χ1) is 10.2. The first kappa shape index (κ1) is 14.7. The van der Waals surface area contributed by atoms with Gasteiger partial charge in [-0.2, -0.15) is 0 Å². The lowest BCUT2D eigenvalue weighted by Crippen LogP contribution is -2.35. The summed E-state index contributed by atoms with van der Waals surface area (Å²) < 4.78 is 11.3. The maximum atomic E-state index is 11.7. The van der Waals surface area contributed by atoms with Gasteiger partial charge in [0.05, 0.1) is 0 Å². The van der Waals surface area contributed by atoms with Crippen LogP contribution >= 0.6 is 0 Å². The summed E-state index contributed by atoms with van der Waals surface area (Å²) in [5.74, 6) is 1.89. The molecule has 3 rings (SSSR count). The van der Waals surface area contributed by atoms with Crippen molar-refractivity contribution in [1.82, 2.24) is 5.32 Å². The number of amides is 1. The molecule has 0 unspecified atom stereocenters. The molecule has 0 aliphatic carbocycles. The number of carbonyl (C=O) groups is 1. The highest BCUT2D eigenvalue weighted by Crippen LogP contribution is 2.21. The van der Waals surface area contributed by atoms with E-state index >= 15 is 0 Å². The Balaban J connectivity index is 1.52. The van der Waals surface area contributed by atoms with Gasteiger partial charge < -0.3 is 10.2 Å². The normalized spacial score (nSPS) is 26.3. The molecule has 0 radical (unpaired) electrons. The second-order valence-corrected chi connectivity index (χ2v) is 7.51. The summed E-state index contributed by atoms with van der Waals surface area (Å²) in [5, 5.41) is 3.54. The van der Waals surface area contributed by atoms with Crippen LogP contribution < -0.4 is 10.2 Å². The zero-order valence-electron chi connectivity index (χ0n) is 12.2. The van der Waals surface area contributed by atoms with Gasteiger partial charge in [0.2, 0.25) is 5.91 Å². The van der Waals surface area contributed by atoms with E-state index in [2.05, 4.69) is 17.4 Å². The van der Waals surface area contributed by atoms with Gasteiger partial charge in [0, 0.05) is 53.5 Å². The molecular weight excluding hydrogens is 284 g/mol. The molecule has 2 heterocycles. The highest BCUT2D eigenvalue weighted by molar-refractivity contribution is 7.85. The van der Waals surface area contributed by atoms with Crippen molar-refractivity contribution in [1.29, 1.82) is 0 Å². The molecule has 0 aromatic heterocycles. The SMILES string of the molecule is O=C1CCCN1c1ccc(CNC2CCS(=O)CC2)cc1. The average molecular weight is 306 g/mol. The van der Waals surface area contributed by atoms with E-state index in [0.717, 1.165) is 49.5 Å². The van der Waals surface area contributed by atoms with E-state index in [0.29, 0.717) is 12.5 Å². The lowest BCUT2D eigenvalue weighted by Gasteiger charge is -2.23. The zero-order chi connectivity index (χ0) is 14.7. The predicted octanol–water partition coefficient (Wildman–Crippen LogP) is 1.81. The van der Waals surface area contributed by atoms with E-state index in [4.69, 9.17) is 0 Å². The summed E-state index contributed by atoms with van der Waals surface area (Å²) in [5.41, 5.74) is 2.24. The first-order valence-electron chi connectivity index (χ1n) is 7.70. The number of rotatable bonds is 4. The largest absolute Gasteiger partial charge is 0.312 e. The summed E-state index contributed by atoms with van der Waals surface area (Å²) >= 11 is 0. The number of benzene rings is 1. The van der Waals surface area contributed by atoms with Gasteiger partial charge >= 0.3 is 0 Å². The van der Waals surface area contributed by atoms with Crippen LogP contribution in [0.1, 0.15) is 31.2 Å². The number of hydrogen-bond donors (Lipinski definition) is 1. The Bertz CT molecular complexity index is 520. The maximum absolute atomic E-state index is 11.7. The molecule has 1 N–H and O–H groups in total. The lowest BCUT2D eigenvalue weighted by atomic mass is 10.1. The van der Waals surface area contributed by atoms with Crippen molar-refractivity contribution in [3.8, 4) is 0 Å². The molecule has 2 aliphatic heterocycles. The topological polar surface area (TPSA) is 49.4 Å². The molecule has 2 saturated heterocycles. The van der Waals surface area contributed by atoms with E-state index in [1.54, 1.807) is 0 Å². The molecule has 0 spiro atoms. The summed E-state index contributed by atoms with van der Waals surface area (Å²) in [6.45, 7) is 1.68. The van der Waals surface area contributed by atoms with Crippen LogP contribution in [0.25, 0.3) is 0 Å². The highest BCUT2D eigenvalue weighted by Gasteiger charge is 2.21. The Morgan fingerprint density at radius 1 is 1.19 bits per heavy atom. The fourth-order valence-corrected chi connectivity index (χ4v) is 4.27. The smallest absolute Gasteiger partial charge is 0.227 e. The maximum Gasteiger partial charge on any atom is 0.227 e. The van der Waals surface area contributed by atoms with E-state index in [1.807, 2.05) is 17.0 Å². The second kappa shape index (κ2) is 6.71. The molecule has 5 heteroatoms. The molecular formula is C16H22N2O2S. The van der Waals surface area contributed by atoms with Crippen LogP contribution in [0.4, 0.5) is 5.69 Å². The van der Waals surface area contributed by atoms with Crippen LogP contribution in [0.5, 0.6) is 0 Å². The molecule has 21 heavy (non-hydrogen) atoms. The summed E-state index contributed by atoms with van der Waals surface area (Å²) in [7, 11) is -0.595. The third-order valence-electron chi connectivity index (χ3n) is 4.30. The fourth-order valence-electron chi connectivity index (χ4n) is 2.98. The standard InChI is InChI=1S/C16H22N2O2S/c19-16-2-1-9-18(16)15-5-3-13(4-6-15)12-17-14-7-10-21(20)11-8-14/h3-6,14,17H,1-2,7-12H2. The van der Waals surface area contributed by atoms with Crippen molar-refractivity contribution in [2.75, 3.05) is 23.0 Å². The van der Waals surface area contributed by atoms with Gasteiger partial charge in [0.1, 0.15) is 0 Å². The number of nitrogens with one attached hydrogen (secondary N) is 1. The molecule has 1 amide bonds. The highest BCUT2D eigenvalue weighted by atomic mass is 32.2. The van der Waals surface area contributed by atoms with Crippen molar-refractivity contribution < 1.29 is 9.00 Å². The first-order valence-corrected chi connectivity index (χ1v) is 9.19. The van der Waals surface area contributed by atoms with Crippen molar-refractivity contribution in [2.24, 2.45) is 0 Å². The molecule has 0 atom stereocenters. The van der Waals surface area contributed by atoms with Gasteiger partial charge in [0.15, 0.2) is 0 Å². The summed E-state index contributed by atoms with van der Waals surface area (Å²) in [6.07, 6.45) is 3.65. The Morgan fingerprint density at radius 2 is 1.90 bits per heavy atom. The van der Waals surface area contributed by atoms with Crippen LogP contribution in [0.15, 0.2) is 24.3 Å². The molecule has 0 saturated carbocycles. The van der Waals surface area contributed by atoms with Gasteiger partial charge in [-0.3, -0.25) is 9.00 Å². The Labute approximate surface area is 128 Å². The third-order valence-corrected chi connectivity index (χ3v) is 5.69. The van der Waals surface area contributed by atoms with Gasteiger partial charge in [-0.15, -0.1) is 0 Å². The monoisotopic (exact) mass is 306 g/mol.